The van der Waals surface area contributed by atoms with Crippen molar-refractivity contribution >= 4 is 21.7 Å². The molecule has 0 saturated heterocycles. The molecule has 0 aromatic heterocycles. The fraction of sp³-hybridized carbons (Fsp3) is 0.235. The van der Waals surface area contributed by atoms with Crippen molar-refractivity contribution in [1.82, 2.24) is 0 Å². The van der Waals surface area contributed by atoms with Crippen LogP contribution in [0.15, 0.2) is 46.9 Å². The van der Waals surface area contributed by atoms with E-state index in [0.717, 1.165) is 11.3 Å². The Morgan fingerprint density at radius 1 is 1.24 bits per heavy atom. The van der Waals surface area contributed by atoms with E-state index in [0.29, 0.717) is 23.1 Å². The SMILES string of the molecule is O=C(Cc1cccc(F)c1Br)C1CCOc2ccccc21. The van der Waals surface area contributed by atoms with E-state index in [-0.39, 0.29) is 23.9 Å². The van der Waals surface area contributed by atoms with E-state index < -0.39 is 0 Å². The Morgan fingerprint density at radius 2 is 2.05 bits per heavy atom. The molecule has 4 heteroatoms. The zero-order valence-corrected chi connectivity index (χ0v) is 12.9. The van der Waals surface area contributed by atoms with Crippen LogP contribution >= 0.6 is 15.9 Å². The average Bonchev–Trinajstić information content (AvgIpc) is 2.51. The van der Waals surface area contributed by atoms with E-state index in [9.17, 15) is 9.18 Å². The average molecular weight is 349 g/mol. The minimum absolute atomic E-state index is 0.0945. The summed E-state index contributed by atoms with van der Waals surface area (Å²) in [6, 6.07) is 12.4. The Balaban J connectivity index is 1.85. The minimum Gasteiger partial charge on any atom is -0.493 e. The quantitative estimate of drug-likeness (QED) is 0.827. The third-order valence-electron chi connectivity index (χ3n) is 3.74. The first-order chi connectivity index (χ1) is 10.2. The van der Waals surface area contributed by atoms with Gasteiger partial charge in [0.25, 0.3) is 0 Å². The van der Waals surface area contributed by atoms with Gasteiger partial charge in [-0.15, -0.1) is 0 Å². The van der Waals surface area contributed by atoms with Gasteiger partial charge in [-0.05, 0) is 40.0 Å². The minimum atomic E-state index is -0.340. The van der Waals surface area contributed by atoms with Crippen LogP contribution in [0.3, 0.4) is 0 Å². The van der Waals surface area contributed by atoms with Gasteiger partial charge in [-0.3, -0.25) is 4.79 Å². The summed E-state index contributed by atoms with van der Waals surface area (Å²) < 4.78 is 19.5. The second-order valence-corrected chi connectivity index (χ2v) is 5.88. The highest BCUT2D eigenvalue weighted by Crippen LogP contribution is 2.35. The van der Waals surface area contributed by atoms with Crippen molar-refractivity contribution in [3.05, 3.63) is 63.9 Å². The van der Waals surface area contributed by atoms with Gasteiger partial charge in [0.2, 0.25) is 0 Å². The van der Waals surface area contributed by atoms with Crippen molar-refractivity contribution in [2.75, 3.05) is 6.61 Å². The molecule has 2 nitrogen and oxygen atoms in total. The van der Waals surface area contributed by atoms with Gasteiger partial charge in [0.1, 0.15) is 17.3 Å². The molecular formula is C17H14BrFO2. The van der Waals surface area contributed by atoms with Gasteiger partial charge < -0.3 is 4.74 Å². The molecule has 0 N–H and O–H groups in total. The number of rotatable bonds is 3. The number of hydrogen-bond acceptors (Lipinski definition) is 2. The monoisotopic (exact) mass is 348 g/mol. The molecule has 0 bridgehead atoms. The highest BCUT2D eigenvalue weighted by Gasteiger charge is 2.27. The van der Waals surface area contributed by atoms with E-state index in [4.69, 9.17) is 4.74 Å². The maximum Gasteiger partial charge on any atom is 0.145 e. The van der Waals surface area contributed by atoms with Crippen LogP contribution in [0.25, 0.3) is 0 Å². The van der Waals surface area contributed by atoms with Crippen LogP contribution in [0.2, 0.25) is 0 Å². The molecule has 1 aliphatic heterocycles. The van der Waals surface area contributed by atoms with Crippen LogP contribution in [0.5, 0.6) is 5.75 Å². The lowest BCUT2D eigenvalue weighted by atomic mass is 9.87. The molecule has 1 aliphatic rings. The van der Waals surface area contributed by atoms with E-state index >= 15 is 0 Å². The van der Waals surface area contributed by atoms with Crippen LogP contribution in [-0.4, -0.2) is 12.4 Å². The summed E-state index contributed by atoms with van der Waals surface area (Å²) in [5.74, 6) is 0.357. The summed E-state index contributed by atoms with van der Waals surface area (Å²) in [5, 5.41) is 0. The molecule has 0 saturated carbocycles. The number of benzene rings is 2. The first-order valence-electron chi connectivity index (χ1n) is 6.84. The smallest absolute Gasteiger partial charge is 0.145 e. The molecule has 21 heavy (non-hydrogen) atoms. The van der Waals surface area contributed by atoms with Crippen LogP contribution < -0.4 is 4.74 Å². The van der Waals surface area contributed by atoms with Gasteiger partial charge in [0.15, 0.2) is 0 Å². The standard InChI is InChI=1S/C17H14BrFO2/c18-17-11(4-3-6-14(17)19)10-15(20)12-8-9-21-16-7-2-1-5-13(12)16/h1-7,12H,8-10H2. The molecule has 2 aromatic carbocycles. The maximum absolute atomic E-state index is 13.5. The number of hydrogen-bond donors (Lipinski definition) is 0. The number of carbonyl (C=O) groups is 1. The van der Waals surface area contributed by atoms with Crippen LogP contribution in [0.4, 0.5) is 4.39 Å². The van der Waals surface area contributed by atoms with Crippen molar-refractivity contribution in [1.29, 1.82) is 0 Å². The van der Waals surface area contributed by atoms with Crippen molar-refractivity contribution in [2.45, 2.75) is 18.8 Å². The number of carbonyl (C=O) groups excluding carboxylic acids is 1. The molecule has 0 spiro atoms. The lowest BCUT2D eigenvalue weighted by Gasteiger charge is -2.25. The van der Waals surface area contributed by atoms with E-state index in [1.54, 1.807) is 12.1 Å². The summed E-state index contributed by atoms with van der Waals surface area (Å²) in [7, 11) is 0. The van der Waals surface area contributed by atoms with Gasteiger partial charge in [-0.25, -0.2) is 4.39 Å². The van der Waals surface area contributed by atoms with E-state index in [1.807, 2.05) is 24.3 Å². The second-order valence-electron chi connectivity index (χ2n) is 5.08. The number of halogens is 2. The Kier molecular flexibility index (Phi) is 4.06. The van der Waals surface area contributed by atoms with Gasteiger partial charge in [0, 0.05) is 17.9 Å². The summed E-state index contributed by atoms with van der Waals surface area (Å²) >= 11 is 3.21. The molecule has 0 fully saturated rings. The predicted molar refractivity (Wildman–Crippen MR) is 82.1 cm³/mol. The number of fused-ring (bicyclic) bond motifs is 1. The zero-order chi connectivity index (χ0) is 14.8. The van der Waals surface area contributed by atoms with Crippen LogP contribution in [-0.2, 0) is 11.2 Å². The fourth-order valence-electron chi connectivity index (χ4n) is 2.67. The topological polar surface area (TPSA) is 26.3 Å². The summed E-state index contributed by atoms with van der Waals surface area (Å²) in [4.78, 5) is 12.6. The van der Waals surface area contributed by atoms with E-state index in [2.05, 4.69) is 15.9 Å². The number of para-hydroxylation sites is 1. The largest absolute Gasteiger partial charge is 0.493 e. The molecule has 0 aliphatic carbocycles. The highest BCUT2D eigenvalue weighted by atomic mass is 79.9. The number of Topliss-reactive ketones (excluding diaryl/α,β-unsaturated/α-hetero) is 1. The van der Waals surface area contributed by atoms with E-state index in [1.165, 1.54) is 6.07 Å². The molecule has 1 unspecified atom stereocenters. The summed E-state index contributed by atoms with van der Waals surface area (Å²) in [5.41, 5.74) is 1.62. The summed E-state index contributed by atoms with van der Waals surface area (Å²) in [6.07, 6.45) is 0.889. The zero-order valence-electron chi connectivity index (χ0n) is 11.3. The van der Waals surface area contributed by atoms with Crippen molar-refractivity contribution in [2.24, 2.45) is 0 Å². The maximum atomic E-state index is 13.5. The first kappa shape index (κ1) is 14.3. The number of ketones is 1. The lowest BCUT2D eigenvalue weighted by Crippen LogP contribution is -2.22. The molecule has 1 heterocycles. The Morgan fingerprint density at radius 3 is 2.90 bits per heavy atom. The van der Waals surface area contributed by atoms with Gasteiger partial charge >= 0.3 is 0 Å². The molecule has 1 atom stereocenters. The molecule has 2 aromatic rings. The van der Waals surface area contributed by atoms with Crippen molar-refractivity contribution in [3.8, 4) is 5.75 Å². The van der Waals surface area contributed by atoms with Crippen LogP contribution in [0.1, 0.15) is 23.5 Å². The third kappa shape index (κ3) is 2.86. The van der Waals surface area contributed by atoms with Gasteiger partial charge in [-0.2, -0.15) is 0 Å². The highest BCUT2D eigenvalue weighted by molar-refractivity contribution is 9.10. The summed E-state index contributed by atoms with van der Waals surface area (Å²) in [6.45, 7) is 0.539. The van der Waals surface area contributed by atoms with Crippen LogP contribution in [0, 0.1) is 5.82 Å². The van der Waals surface area contributed by atoms with Crippen molar-refractivity contribution < 1.29 is 13.9 Å². The molecule has 3 rings (SSSR count). The van der Waals surface area contributed by atoms with Crippen molar-refractivity contribution in [3.63, 3.8) is 0 Å². The normalized spacial score (nSPS) is 17.0. The lowest BCUT2D eigenvalue weighted by molar-refractivity contribution is -0.120. The third-order valence-corrected chi connectivity index (χ3v) is 4.63. The molecular weight excluding hydrogens is 335 g/mol. The Labute approximate surface area is 131 Å². The first-order valence-corrected chi connectivity index (χ1v) is 7.63. The molecule has 0 radical (unpaired) electrons. The Hall–Kier alpha value is -1.68. The predicted octanol–water partition coefficient (Wildman–Crippen LogP) is 4.27. The second kappa shape index (κ2) is 5.98. The Bertz CT molecular complexity index is 684. The number of ether oxygens (including phenoxy) is 1. The van der Waals surface area contributed by atoms with Gasteiger partial charge in [-0.1, -0.05) is 30.3 Å². The fourth-order valence-corrected chi connectivity index (χ4v) is 3.08. The molecule has 0 amide bonds. The molecule has 108 valence electrons. The van der Waals surface area contributed by atoms with Gasteiger partial charge in [0.05, 0.1) is 11.1 Å².